The number of benzene rings is 2. The van der Waals surface area contributed by atoms with Gasteiger partial charge in [0.15, 0.2) is 0 Å². The van der Waals surface area contributed by atoms with Crippen LogP contribution in [0.5, 0.6) is 0 Å². The first-order chi connectivity index (χ1) is 18.5. The van der Waals surface area contributed by atoms with Crippen molar-refractivity contribution in [2.75, 3.05) is 25.0 Å². The largest absolute Gasteiger partial charge is 0.450 e. The summed E-state index contributed by atoms with van der Waals surface area (Å²) in [7, 11) is 0. The molecule has 3 aromatic rings. The Morgan fingerprint density at radius 1 is 0.923 bits per heavy atom. The Morgan fingerprint density at radius 2 is 1.67 bits per heavy atom. The third-order valence-electron chi connectivity index (χ3n) is 5.15. The fourth-order valence-corrected chi connectivity index (χ4v) is 3.50. The van der Waals surface area contributed by atoms with Crippen LogP contribution in [0.2, 0.25) is 0 Å². The summed E-state index contributed by atoms with van der Waals surface area (Å²) in [5.74, 6) is -0.318. The van der Waals surface area contributed by atoms with Gasteiger partial charge in [-0.3, -0.25) is 14.9 Å². The van der Waals surface area contributed by atoms with Gasteiger partial charge in [0.1, 0.15) is 5.60 Å². The second-order valence-electron chi connectivity index (χ2n) is 9.53. The Morgan fingerprint density at radius 3 is 2.41 bits per heavy atom. The predicted molar refractivity (Wildman–Crippen MR) is 147 cm³/mol. The summed E-state index contributed by atoms with van der Waals surface area (Å²) in [6, 6.07) is 16.9. The van der Waals surface area contributed by atoms with Gasteiger partial charge in [-0.2, -0.15) is 5.10 Å². The number of anilines is 1. The highest BCUT2D eigenvalue weighted by atomic mass is 16.6. The third kappa shape index (κ3) is 9.29. The fourth-order valence-electron chi connectivity index (χ4n) is 3.50. The van der Waals surface area contributed by atoms with Crippen molar-refractivity contribution in [3.63, 3.8) is 0 Å². The quantitative estimate of drug-likeness (QED) is 0.354. The van der Waals surface area contributed by atoms with Crippen molar-refractivity contribution in [1.82, 2.24) is 20.4 Å². The molecule has 3 rings (SSSR count). The summed E-state index contributed by atoms with van der Waals surface area (Å²) in [6.07, 6.45) is -1.11. The summed E-state index contributed by atoms with van der Waals surface area (Å²) in [5.41, 5.74) is 1.96. The summed E-state index contributed by atoms with van der Waals surface area (Å²) in [6.45, 7) is 7.89. The topological polar surface area (TPSA) is 141 Å². The van der Waals surface area contributed by atoms with E-state index in [0.717, 1.165) is 5.56 Å². The van der Waals surface area contributed by atoms with E-state index < -0.39 is 17.8 Å². The maximum Gasteiger partial charge on any atom is 0.411 e. The van der Waals surface area contributed by atoms with Crippen molar-refractivity contribution in [3.8, 4) is 11.3 Å². The minimum atomic E-state index is -0.602. The lowest BCUT2D eigenvalue weighted by Gasteiger charge is -2.19. The van der Waals surface area contributed by atoms with E-state index >= 15 is 0 Å². The molecule has 0 fully saturated rings. The molecule has 11 nitrogen and oxygen atoms in total. The third-order valence-corrected chi connectivity index (χ3v) is 5.15. The minimum absolute atomic E-state index is 0.176. The molecule has 0 saturated heterocycles. The zero-order valence-electron chi connectivity index (χ0n) is 22.4. The average molecular weight is 536 g/mol. The van der Waals surface area contributed by atoms with Gasteiger partial charge in [0, 0.05) is 36.0 Å². The van der Waals surface area contributed by atoms with Crippen LogP contribution < -0.4 is 21.5 Å². The normalized spacial score (nSPS) is 10.9. The lowest BCUT2D eigenvalue weighted by atomic mass is 10.1. The van der Waals surface area contributed by atoms with E-state index in [4.69, 9.17) is 9.47 Å². The van der Waals surface area contributed by atoms with E-state index in [1.807, 2.05) is 6.07 Å². The van der Waals surface area contributed by atoms with Crippen molar-refractivity contribution < 1.29 is 23.9 Å². The number of aromatic nitrogens is 2. The molecule has 2 aromatic carbocycles. The van der Waals surface area contributed by atoms with Gasteiger partial charge in [-0.05, 0) is 63.6 Å². The molecule has 0 saturated carbocycles. The molecule has 3 amide bonds. The Bertz CT molecular complexity index is 1380. The Labute approximate surface area is 226 Å². The van der Waals surface area contributed by atoms with Crippen LogP contribution in [0.15, 0.2) is 65.5 Å². The Kier molecular flexibility index (Phi) is 9.80. The lowest BCUT2D eigenvalue weighted by molar-refractivity contribution is 0.0526. The minimum Gasteiger partial charge on any atom is -0.450 e. The number of alkyl carbamates (subject to hydrolysis) is 1. The summed E-state index contributed by atoms with van der Waals surface area (Å²) in [4.78, 5) is 48.6. The van der Waals surface area contributed by atoms with E-state index in [1.54, 1.807) is 76.2 Å². The molecule has 0 atom stereocenters. The SMILES string of the molecule is CCOC(=O)Nc1cccc(Cn2nc(-c3cccc(C(=O)NCCNC(=O)OC(C)(C)C)c3)ccc2=O)c1. The number of carbonyl (C=O) groups is 3. The van der Waals surface area contributed by atoms with Crippen molar-refractivity contribution in [1.29, 1.82) is 0 Å². The van der Waals surface area contributed by atoms with Gasteiger partial charge in [-0.25, -0.2) is 14.3 Å². The first-order valence-electron chi connectivity index (χ1n) is 12.5. The van der Waals surface area contributed by atoms with Crippen LogP contribution in [0.25, 0.3) is 11.3 Å². The maximum atomic E-state index is 12.6. The highest BCUT2D eigenvalue weighted by Gasteiger charge is 2.16. The molecule has 0 aliphatic rings. The van der Waals surface area contributed by atoms with Gasteiger partial charge in [-0.1, -0.05) is 24.3 Å². The van der Waals surface area contributed by atoms with Crippen LogP contribution in [-0.4, -0.2) is 53.2 Å². The number of rotatable bonds is 9. The zero-order valence-corrected chi connectivity index (χ0v) is 22.4. The van der Waals surface area contributed by atoms with Gasteiger partial charge < -0.3 is 20.1 Å². The van der Waals surface area contributed by atoms with E-state index in [1.165, 1.54) is 10.7 Å². The molecule has 0 bridgehead atoms. The van der Waals surface area contributed by atoms with Crippen molar-refractivity contribution in [3.05, 3.63) is 82.1 Å². The first kappa shape index (κ1) is 28.9. The van der Waals surface area contributed by atoms with Gasteiger partial charge in [0.25, 0.3) is 11.5 Å². The molecule has 0 radical (unpaired) electrons. The second-order valence-corrected chi connectivity index (χ2v) is 9.53. The zero-order chi connectivity index (χ0) is 28.4. The number of carbonyl (C=O) groups excluding carboxylic acids is 3. The van der Waals surface area contributed by atoms with Gasteiger partial charge >= 0.3 is 12.2 Å². The monoisotopic (exact) mass is 535 g/mol. The Hall–Kier alpha value is -4.67. The van der Waals surface area contributed by atoms with Crippen LogP contribution >= 0.6 is 0 Å². The lowest BCUT2D eigenvalue weighted by Crippen LogP contribution is -2.37. The summed E-state index contributed by atoms with van der Waals surface area (Å²) in [5, 5.41) is 12.5. The van der Waals surface area contributed by atoms with Crippen molar-refractivity contribution in [2.24, 2.45) is 0 Å². The van der Waals surface area contributed by atoms with Gasteiger partial charge in [-0.15, -0.1) is 0 Å². The number of nitrogens with one attached hydrogen (secondary N) is 3. The fraction of sp³-hybridized carbons (Fsp3) is 0.321. The molecule has 11 heteroatoms. The van der Waals surface area contributed by atoms with Crippen LogP contribution in [0.1, 0.15) is 43.6 Å². The van der Waals surface area contributed by atoms with Crippen molar-refractivity contribution in [2.45, 2.75) is 39.8 Å². The number of ether oxygens (including phenoxy) is 2. The van der Waals surface area contributed by atoms with E-state index in [-0.39, 0.29) is 37.7 Å². The Balaban J connectivity index is 1.66. The highest BCUT2D eigenvalue weighted by Crippen LogP contribution is 2.18. The number of hydrogen-bond acceptors (Lipinski definition) is 7. The average Bonchev–Trinajstić information content (AvgIpc) is 2.87. The second kappa shape index (κ2) is 13.2. The molecule has 0 aliphatic carbocycles. The molecule has 0 spiro atoms. The molecule has 0 unspecified atom stereocenters. The van der Waals surface area contributed by atoms with Crippen LogP contribution in [0, 0.1) is 0 Å². The molecule has 1 heterocycles. The van der Waals surface area contributed by atoms with Gasteiger partial charge in [0.2, 0.25) is 0 Å². The first-order valence-corrected chi connectivity index (χ1v) is 12.5. The molecular formula is C28H33N5O6. The van der Waals surface area contributed by atoms with Crippen LogP contribution in [0.4, 0.5) is 15.3 Å². The van der Waals surface area contributed by atoms with Crippen LogP contribution in [0.3, 0.4) is 0 Å². The van der Waals surface area contributed by atoms with Gasteiger partial charge in [0.05, 0.1) is 18.8 Å². The number of nitrogens with zero attached hydrogens (tertiary/aromatic N) is 2. The maximum absolute atomic E-state index is 12.6. The molecule has 0 aliphatic heterocycles. The number of amides is 3. The van der Waals surface area contributed by atoms with E-state index in [9.17, 15) is 19.2 Å². The summed E-state index contributed by atoms with van der Waals surface area (Å²) >= 11 is 0. The highest BCUT2D eigenvalue weighted by molar-refractivity contribution is 5.95. The molecular weight excluding hydrogens is 502 g/mol. The molecule has 206 valence electrons. The number of hydrogen-bond donors (Lipinski definition) is 3. The van der Waals surface area contributed by atoms with E-state index in [2.05, 4.69) is 21.0 Å². The smallest absolute Gasteiger partial charge is 0.411 e. The standard InChI is InChI=1S/C28H33N5O6/c1-5-38-27(37)31-22-11-6-8-19(16-22)18-33-24(34)13-12-23(32-33)20-9-7-10-21(17-20)25(35)29-14-15-30-26(36)39-28(2,3)4/h6-13,16-17H,5,14-15,18H2,1-4H3,(H,29,35)(H,30,36)(H,31,37). The molecule has 1 aromatic heterocycles. The molecule has 3 N–H and O–H groups in total. The summed E-state index contributed by atoms with van der Waals surface area (Å²) < 4.78 is 11.4. The van der Waals surface area contributed by atoms with E-state index in [0.29, 0.717) is 22.5 Å². The van der Waals surface area contributed by atoms with Crippen LogP contribution in [-0.2, 0) is 16.0 Å². The van der Waals surface area contributed by atoms with Crippen molar-refractivity contribution >= 4 is 23.8 Å². The predicted octanol–water partition coefficient (Wildman–Crippen LogP) is 3.78. The molecule has 39 heavy (non-hydrogen) atoms.